The number of piperidine rings is 1. The van der Waals surface area contributed by atoms with Gasteiger partial charge in [0.05, 0.1) is 6.61 Å². The molecule has 6 heteroatoms. The molecule has 1 fully saturated rings. The lowest BCUT2D eigenvalue weighted by Gasteiger charge is -2.29. The topological polar surface area (TPSA) is 24.5 Å². The van der Waals surface area contributed by atoms with Crippen molar-refractivity contribution in [1.82, 2.24) is 10.2 Å². The van der Waals surface area contributed by atoms with Crippen LogP contribution in [0.5, 0.6) is 0 Å². The molecule has 0 spiro atoms. The molecule has 1 aliphatic rings. The van der Waals surface area contributed by atoms with Crippen LogP contribution < -0.4 is 5.32 Å². The summed E-state index contributed by atoms with van der Waals surface area (Å²) in [6, 6.07) is 0.473. The molecule has 0 saturated carbocycles. The van der Waals surface area contributed by atoms with E-state index in [4.69, 9.17) is 0 Å². The number of nitrogens with zero attached hydrogens (tertiary/aromatic N) is 1. The first-order valence-corrected chi connectivity index (χ1v) is 6.61. The lowest BCUT2D eigenvalue weighted by Crippen LogP contribution is -2.44. The molecule has 0 aromatic rings. The van der Waals surface area contributed by atoms with Crippen molar-refractivity contribution >= 4 is 0 Å². The highest BCUT2D eigenvalue weighted by atomic mass is 19.4. The molecule has 0 aromatic heterocycles. The van der Waals surface area contributed by atoms with Gasteiger partial charge in [0.1, 0.15) is 6.61 Å². The summed E-state index contributed by atoms with van der Waals surface area (Å²) >= 11 is 0. The van der Waals surface area contributed by atoms with Crippen LogP contribution >= 0.6 is 0 Å². The van der Waals surface area contributed by atoms with Crippen molar-refractivity contribution < 1.29 is 17.9 Å². The molecule has 1 atom stereocenters. The molecule has 1 N–H and O–H groups in total. The number of ether oxygens (including phenoxy) is 1. The maximum absolute atomic E-state index is 11.9. The standard InChI is InChI=1S/C12H23F3N2O/c1-2-17(7-8-18-10-12(13,14)15)9-11-5-3-4-6-16-11/h11,16H,2-10H2,1H3. The zero-order valence-corrected chi connectivity index (χ0v) is 10.9. The fraction of sp³-hybridized carbons (Fsp3) is 1.00. The van der Waals surface area contributed by atoms with E-state index in [1.807, 2.05) is 6.92 Å². The van der Waals surface area contributed by atoms with Crippen molar-refractivity contribution in [3.63, 3.8) is 0 Å². The fourth-order valence-electron chi connectivity index (χ4n) is 2.15. The van der Waals surface area contributed by atoms with Crippen molar-refractivity contribution in [3.8, 4) is 0 Å². The highest BCUT2D eigenvalue weighted by Gasteiger charge is 2.27. The normalized spacial score (nSPS) is 21.5. The summed E-state index contributed by atoms with van der Waals surface area (Å²) in [6.07, 6.45) is -0.612. The smallest absolute Gasteiger partial charge is 0.371 e. The molecule has 18 heavy (non-hydrogen) atoms. The maximum atomic E-state index is 11.9. The minimum Gasteiger partial charge on any atom is -0.371 e. The van der Waals surface area contributed by atoms with E-state index in [0.717, 1.165) is 26.1 Å². The molecule has 0 aromatic carbocycles. The van der Waals surface area contributed by atoms with Gasteiger partial charge in [-0.05, 0) is 25.9 Å². The molecule has 108 valence electrons. The van der Waals surface area contributed by atoms with Gasteiger partial charge in [0.15, 0.2) is 0 Å². The fourth-order valence-corrected chi connectivity index (χ4v) is 2.15. The second kappa shape index (κ2) is 7.96. The number of hydrogen-bond acceptors (Lipinski definition) is 3. The third-order valence-electron chi connectivity index (χ3n) is 3.16. The summed E-state index contributed by atoms with van der Waals surface area (Å²) < 4.78 is 40.3. The molecule has 1 aliphatic heterocycles. The van der Waals surface area contributed by atoms with Gasteiger partial charge < -0.3 is 10.1 Å². The summed E-state index contributed by atoms with van der Waals surface area (Å²) in [5.74, 6) is 0. The highest BCUT2D eigenvalue weighted by Crippen LogP contribution is 2.14. The number of hydrogen-bond donors (Lipinski definition) is 1. The predicted octanol–water partition coefficient (Wildman–Crippen LogP) is 2.03. The minimum absolute atomic E-state index is 0.139. The Balaban J connectivity index is 2.12. The molecule has 0 aliphatic carbocycles. The first kappa shape index (κ1) is 15.7. The van der Waals surface area contributed by atoms with E-state index in [1.165, 1.54) is 12.8 Å². The first-order chi connectivity index (χ1) is 8.51. The minimum atomic E-state index is -4.22. The van der Waals surface area contributed by atoms with Gasteiger partial charge in [-0.25, -0.2) is 0 Å². The maximum Gasteiger partial charge on any atom is 0.411 e. The van der Waals surface area contributed by atoms with Crippen molar-refractivity contribution in [1.29, 1.82) is 0 Å². The van der Waals surface area contributed by atoms with Crippen molar-refractivity contribution in [2.24, 2.45) is 0 Å². The van der Waals surface area contributed by atoms with Gasteiger partial charge in [-0.2, -0.15) is 13.2 Å². The predicted molar refractivity (Wildman–Crippen MR) is 64.6 cm³/mol. The summed E-state index contributed by atoms with van der Waals surface area (Å²) in [6.45, 7) is 4.36. The Hall–Kier alpha value is -0.330. The van der Waals surface area contributed by atoms with Crippen LogP contribution in [0.15, 0.2) is 0 Å². The van der Waals surface area contributed by atoms with Crippen LogP contribution in [-0.4, -0.2) is 56.5 Å². The molecule has 1 rings (SSSR count). The Bertz CT molecular complexity index is 218. The zero-order valence-electron chi connectivity index (χ0n) is 10.9. The van der Waals surface area contributed by atoms with Crippen LogP contribution in [0.3, 0.4) is 0 Å². The van der Waals surface area contributed by atoms with Gasteiger partial charge in [0, 0.05) is 19.1 Å². The van der Waals surface area contributed by atoms with Gasteiger partial charge >= 0.3 is 6.18 Å². The van der Waals surface area contributed by atoms with Crippen LogP contribution in [0.25, 0.3) is 0 Å². The average molecular weight is 268 g/mol. The number of likely N-dealkylation sites (N-methyl/N-ethyl adjacent to an activating group) is 1. The van der Waals surface area contributed by atoms with E-state index in [-0.39, 0.29) is 6.61 Å². The monoisotopic (exact) mass is 268 g/mol. The lowest BCUT2D eigenvalue weighted by molar-refractivity contribution is -0.174. The first-order valence-electron chi connectivity index (χ1n) is 6.61. The second-order valence-electron chi connectivity index (χ2n) is 4.71. The van der Waals surface area contributed by atoms with E-state index in [1.54, 1.807) is 0 Å². The molecular formula is C12H23F3N2O. The summed E-state index contributed by atoms with van der Waals surface area (Å²) in [5.41, 5.74) is 0. The van der Waals surface area contributed by atoms with E-state index < -0.39 is 12.8 Å². The molecule has 1 saturated heterocycles. The van der Waals surface area contributed by atoms with E-state index in [9.17, 15) is 13.2 Å². The third-order valence-corrected chi connectivity index (χ3v) is 3.16. The van der Waals surface area contributed by atoms with Gasteiger partial charge in [-0.1, -0.05) is 13.3 Å². The third kappa shape index (κ3) is 7.18. The number of alkyl halides is 3. The molecule has 3 nitrogen and oxygen atoms in total. The van der Waals surface area contributed by atoms with Gasteiger partial charge in [-0.3, -0.25) is 4.90 Å². The Morgan fingerprint density at radius 1 is 1.33 bits per heavy atom. The van der Waals surface area contributed by atoms with Gasteiger partial charge in [0.2, 0.25) is 0 Å². The van der Waals surface area contributed by atoms with Crippen LogP contribution in [0.1, 0.15) is 26.2 Å². The summed E-state index contributed by atoms with van der Waals surface area (Å²) in [7, 11) is 0. The molecular weight excluding hydrogens is 245 g/mol. The van der Waals surface area contributed by atoms with Crippen LogP contribution in [0, 0.1) is 0 Å². The Morgan fingerprint density at radius 3 is 2.67 bits per heavy atom. The average Bonchev–Trinajstić information content (AvgIpc) is 2.33. The largest absolute Gasteiger partial charge is 0.411 e. The molecule has 0 bridgehead atoms. The van der Waals surface area contributed by atoms with Crippen molar-refractivity contribution in [2.45, 2.75) is 38.4 Å². The SMILES string of the molecule is CCN(CCOCC(F)(F)F)CC1CCCCN1. The molecule has 1 unspecified atom stereocenters. The van der Waals surface area contributed by atoms with Crippen LogP contribution in [-0.2, 0) is 4.74 Å². The second-order valence-corrected chi connectivity index (χ2v) is 4.71. The van der Waals surface area contributed by atoms with Crippen LogP contribution in [0.2, 0.25) is 0 Å². The van der Waals surface area contributed by atoms with Crippen LogP contribution in [0.4, 0.5) is 13.2 Å². The Morgan fingerprint density at radius 2 is 2.11 bits per heavy atom. The quantitative estimate of drug-likeness (QED) is 0.715. The number of rotatable bonds is 7. The van der Waals surface area contributed by atoms with E-state index in [2.05, 4.69) is 15.0 Å². The Labute approximate surface area is 107 Å². The number of halogens is 3. The molecule has 1 heterocycles. The molecule has 0 radical (unpaired) electrons. The summed E-state index contributed by atoms with van der Waals surface area (Å²) in [4.78, 5) is 2.14. The van der Waals surface area contributed by atoms with E-state index in [0.29, 0.717) is 12.6 Å². The number of nitrogens with one attached hydrogen (secondary N) is 1. The highest BCUT2D eigenvalue weighted by molar-refractivity contribution is 4.75. The Kier molecular flexibility index (Phi) is 6.96. The van der Waals surface area contributed by atoms with E-state index >= 15 is 0 Å². The van der Waals surface area contributed by atoms with Crippen molar-refractivity contribution in [3.05, 3.63) is 0 Å². The van der Waals surface area contributed by atoms with Gasteiger partial charge in [-0.15, -0.1) is 0 Å². The molecule has 0 amide bonds. The summed E-state index contributed by atoms with van der Waals surface area (Å²) in [5, 5.41) is 3.44. The zero-order chi connectivity index (χ0) is 13.4. The lowest BCUT2D eigenvalue weighted by atomic mass is 10.0. The van der Waals surface area contributed by atoms with Gasteiger partial charge in [0.25, 0.3) is 0 Å². The van der Waals surface area contributed by atoms with Crippen molar-refractivity contribution in [2.75, 3.05) is 39.4 Å².